The van der Waals surface area contributed by atoms with Crippen LogP contribution in [0.4, 0.5) is 5.69 Å². The first-order valence-electron chi connectivity index (χ1n) is 8.08. The van der Waals surface area contributed by atoms with Crippen molar-refractivity contribution in [3.63, 3.8) is 0 Å². The minimum atomic E-state index is -0.132. The number of ether oxygens (including phenoxy) is 2. The van der Waals surface area contributed by atoms with E-state index in [0.717, 1.165) is 0 Å². The van der Waals surface area contributed by atoms with E-state index in [1.54, 1.807) is 18.2 Å². The molecule has 0 bridgehead atoms. The molecule has 7 heteroatoms. The maximum atomic E-state index is 12.1. The standard InChI is InChI=1S/C17H27N3O4/c1-5-23-15-8-7-14(11-16(15)24-6-2)19-17(22)12-20(4)10-9-18-13(3)21/h7-8,11H,5-6,9-10,12H2,1-4H3,(H,18,21)(H,19,22). The second-order valence-electron chi connectivity index (χ2n) is 5.30. The highest BCUT2D eigenvalue weighted by atomic mass is 16.5. The van der Waals surface area contributed by atoms with Gasteiger partial charge < -0.3 is 20.1 Å². The predicted octanol–water partition coefficient (Wildman–Crippen LogP) is 1.49. The molecule has 0 aliphatic heterocycles. The maximum absolute atomic E-state index is 12.1. The average molecular weight is 337 g/mol. The number of hydrogen-bond acceptors (Lipinski definition) is 5. The SMILES string of the molecule is CCOc1ccc(NC(=O)CN(C)CCNC(C)=O)cc1OCC. The number of benzene rings is 1. The van der Waals surface area contributed by atoms with Crippen LogP contribution in [-0.2, 0) is 9.59 Å². The highest BCUT2D eigenvalue weighted by molar-refractivity contribution is 5.92. The molecule has 0 atom stereocenters. The van der Waals surface area contributed by atoms with Crippen LogP contribution in [-0.4, -0.2) is 56.6 Å². The lowest BCUT2D eigenvalue weighted by atomic mass is 10.2. The number of rotatable bonds is 10. The summed E-state index contributed by atoms with van der Waals surface area (Å²) >= 11 is 0. The molecule has 0 radical (unpaired) electrons. The normalized spacial score (nSPS) is 10.4. The van der Waals surface area contributed by atoms with Crippen LogP contribution < -0.4 is 20.1 Å². The molecule has 0 spiro atoms. The summed E-state index contributed by atoms with van der Waals surface area (Å²) in [5.74, 6) is 1.05. The Labute approximate surface area is 143 Å². The van der Waals surface area contributed by atoms with Gasteiger partial charge in [-0.15, -0.1) is 0 Å². The van der Waals surface area contributed by atoms with Crippen LogP contribution in [0.3, 0.4) is 0 Å². The molecule has 1 rings (SSSR count). The molecule has 0 aliphatic carbocycles. The van der Waals surface area contributed by atoms with Crippen LogP contribution in [0.5, 0.6) is 11.5 Å². The summed E-state index contributed by atoms with van der Waals surface area (Å²) in [5.41, 5.74) is 0.655. The molecule has 0 heterocycles. The minimum absolute atomic E-state index is 0.0781. The zero-order valence-corrected chi connectivity index (χ0v) is 14.8. The van der Waals surface area contributed by atoms with Crippen molar-refractivity contribution < 1.29 is 19.1 Å². The Kier molecular flexibility index (Phi) is 8.64. The highest BCUT2D eigenvalue weighted by Gasteiger charge is 2.10. The van der Waals surface area contributed by atoms with Gasteiger partial charge in [0, 0.05) is 31.8 Å². The van der Waals surface area contributed by atoms with Gasteiger partial charge in [0.05, 0.1) is 19.8 Å². The first kappa shape index (κ1) is 19.8. The van der Waals surface area contributed by atoms with Gasteiger partial charge in [-0.05, 0) is 33.0 Å². The summed E-state index contributed by atoms with van der Waals surface area (Å²) in [7, 11) is 1.82. The Balaban J connectivity index is 2.56. The molecule has 0 fully saturated rings. The number of likely N-dealkylation sites (N-methyl/N-ethyl adjacent to an activating group) is 1. The molecule has 1 aromatic carbocycles. The van der Waals surface area contributed by atoms with E-state index in [1.165, 1.54) is 6.92 Å². The van der Waals surface area contributed by atoms with Gasteiger partial charge in [-0.2, -0.15) is 0 Å². The zero-order chi connectivity index (χ0) is 17.9. The van der Waals surface area contributed by atoms with Crippen molar-refractivity contribution >= 4 is 17.5 Å². The summed E-state index contributed by atoms with van der Waals surface area (Å²) in [6.07, 6.45) is 0. The molecule has 24 heavy (non-hydrogen) atoms. The largest absolute Gasteiger partial charge is 0.490 e. The van der Waals surface area contributed by atoms with E-state index >= 15 is 0 Å². The summed E-state index contributed by atoms with van der Waals surface area (Å²) in [5, 5.41) is 5.53. The lowest BCUT2D eigenvalue weighted by Gasteiger charge is -2.17. The van der Waals surface area contributed by atoms with Crippen LogP contribution >= 0.6 is 0 Å². The molecule has 7 nitrogen and oxygen atoms in total. The lowest BCUT2D eigenvalue weighted by Crippen LogP contribution is -2.36. The first-order valence-corrected chi connectivity index (χ1v) is 8.08. The van der Waals surface area contributed by atoms with E-state index in [9.17, 15) is 9.59 Å². The smallest absolute Gasteiger partial charge is 0.238 e. The van der Waals surface area contributed by atoms with E-state index in [2.05, 4.69) is 10.6 Å². The monoisotopic (exact) mass is 337 g/mol. The number of hydrogen-bond donors (Lipinski definition) is 2. The summed E-state index contributed by atoms with van der Waals surface area (Å²) in [4.78, 5) is 24.7. The number of carbonyl (C=O) groups excluding carboxylic acids is 2. The Morgan fingerprint density at radius 1 is 1.12 bits per heavy atom. The number of amides is 2. The van der Waals surface area contributed by atoms with E-state index in [-0.39, 0.29) is 18.4 Å². The quantitative estimate of drug-likeness (QED) is 0.676. The second kappa shape index (κ2) is 10.5. The van der Waals surface area contributed by atoms with Gasteiger partial charge in [0.15, 0.2) is 11.5 Å². The molecule has 0 saturated heterocycles. The zero-order valence-electron chi connectivity index (χ0n) is 14.8. The van der Waals surface area contributed by atoms with Gasteiger partial charge in [0.25, 0.3) is 0 Å². The molecule has 0 unspecified atom stereocenters. The van der Waals surface area contributed by atoms with Gasteiger partial charge >= 0.3 is 0 Å². The van der Waals surface area contributed by atoms with Crippen molar-refractivity contribution in [1.29, 1.82) is 0 Å². The predicted molar refractivity (Wildman–Crippen MR) is 93.6 cm³/mol. The molecular weight excluding hydrogens is 310 g/mol. The number of nitrogens with zero attached hydrogens (tertiary/aromatic N) is 1. The number of nitrogens with one attached hydrogen (secondary N) is 2. The third-order valence-electron chi connectivity index (χ3n) is 3.11. The minimum Gasteiger partial charge on any atom is -0.490 e. The third kappa shape index (κ3) is 7.32. The van der Waals surface area contributed by atoms with Crippen molar-refractivity contribution in [2.24, 2.45) is 0 Å². The van der Waals surface area contributed by atoms with Crippen molar-refractivity contribution in [2.75, 3.05) is 45.2 Å². The van der Waals surface area contributed by atoms with Crippen LogP contribution in [0.2, 0.25) is 0 Å². The number of anilines is 1. The van der Waals surface area contributed by atoms with Crippen molar-refractivity contribution in [3.05, 3.63) is 18.2 Å². The van der Waals surface area contributed by atoms with Gasteiger partial charge in [-0.25, -0.2) is 0 Å². The van der Waals surface area contributed by atoms with Crippen LogP contribution in [0.15, 0.2) is 18.2 Å². The molecular formula is C17H27N3O4. The summed E-state index contributed by atoms with van der Waals surface area (Å²) in [6, 6.07) is 5.32. The fraction of sp³-hybridized carbons (Fsp3) is 0.529. The van der Waals surface area contributed by atoms with E-state index in [1.807, 2.05) is 25.8 Å². The number of carbonyl (C=O) groups is 2. The lowest BCUT2D eigenvalue weighted by molar-refractivity contribution is -0.118. The first-order chi connectivity index (χ1) is 11.5. The van der Waals surface area contributed by atoms with Crippen molar-refractivity contribution in [1.82, 2.24) is 10.2 Å². The van der Waals surface area contributed by atoms with E-state index in [0.29, 0.717) is 43.5 Å². The molecule has 134 valence electrons. The third-order valence-corrected chi connectivity index (χ3v) is 3.11. The van der Waals surface area contributed by atoms with Crippen molar-refractivity contribution in [2.45, 2.75) is 20.8 Å². The Morgan fingerprint density at radius 3 is 2.42 bits per heavy atom. The van der Waals surface area contributed by atoms with Gasteiger partial charge in [-0.3, -0.25) is 14.5 Å². The second-order valence-corrected chi connectivity index (χ2v) is 5.30. The van der Waals surface area contributed by atoms with Crippen LogP contribution in [0, 0.1) is 0 Å². The molecule has 0 aromatic heterocycles. The molecule has 2 amide bonds. The topological polar surface area (TPSA) is 79.9 Å². The highest BCUT2D eigenvalue weighted by Crippen LogP contribution is 2.30. The molecule has 2 N–H and O–H groups in total. The molecule has 1 aromatic rings. The average Bonchev–Trinajstić information content (AvgIpc) is 2.49. The van der Waals surface area contributed by atoms with Crippen molar-refractivity contribution in [3.8, 4) is 11.5 Å². The molecule has 0 saturated carbocycles. The van der Waals surface area contributed by atoms with Gasteiger partial charge in [0.1, 0.15) is 0 Å². The summed E-state index contributed by atoms with van der Waals surface area (Å²) in [6.45, 7) is 7.67. The van der Waals surface area contributed by atoms with E-state index in [4.69, 9.17) is 9.47 Å². The summed E-state index contributed by atoms with van der Waals surface area (Å²) < 4.78 is 11.0. The van der Waals surface area contributed by atoms with Crippen LogP contribution in [0.25, 0.3) is 0 Å². The maximum Gasteiger partial charge on any atom is 0.238 e. The van der Waals surface area contributed by atoms with Gasteiger partial charge in [0.2, 0.25) is 11.8 Å². The van der Waals surface area contributed by atoms with Crippen LogP contribution in [0.1, 0.15) is 20.8 Å². The fourth-order valence-corrected chi connectivity index (χ4v) is 2.08. The van der Waals surface area contributed by atoms with E-state index < -0.39 is 0 Å². The Morgan fingerprint density at radius 2 is 1.79 bits per heavy atom. The fourth-order valence-electron chi connectivity index (χ4n) is 2.08. The Bertz CT molecular complexity index is 549. The molecule has 0 aliphatic rings. The Hall–Kier alpha value is -2.28. The van der Waals surface area contributed by atoms with Gasteiger partial charge in [-0.1, -0.05) is 0 Å².